The molecule has 66 valence electrons. The Morgan fingerprint density at radius 3 is 2.50 bits per heavy atom. The number of hydrogen-bond acceptors (Lipinski definition) is 4. The number of nitrogens with zero attached hydrogens (tertiary/aromatic N) is 1. The number of aliphatic hydroxyl groups excluding tert-OH is 1. The second-order valence-electron chi connectivity index (χ2n) is 2.19. The lowest BCUT2D eigenvalue weighted by molar-refractivity contribution is 0.276. The zero-order valence-electron chi connectivity index (χ0n) is 6.14. The molecular weight excluding hydrogens is 180 g/mol. The summed E-state index contributed by atoms with van der Waals surface area (Å²) in [5, 5.41) is 13.4. The van der Waals surface area contributed by atoms with Crippen LogP contribution in [0.5, 0.6) is 0 Å². The van der Waals surface area contributed by atoms with E-state index in [1.165, 1.54) is 12.1 Å². The van der Waals surface area contributed by atoms with Crippen molar-refractivity contribution in [3.63, 3.8) is 0 Å². The Morgan fingerprint density at radius 2 is 2.17 bits per heavy atom. The maximum Gasteiger partial charge on any atom is 0.239 e. The fraction of sp³-hybridized carbons (Fsp3) is 0.167. The van der Waals surface area contributed by atoms with Crippen molar-refractivity contribution in [1.82, 2.24) is 4.98 Å². The van der Waals surface area contributed by atoms with Crippen LogP contribution in [-0.2, 0) is 16.6 Å². The Labute approximate surface area is 69.9 Å². The highest BCUT2D eigenvalue weighted by molar-refractivity contribution is 7.89. The van der Waals surface area contributed by atoms with E-state index in [0.717, 1.165) is 6.20 Å². The molecule has 1 aromatic rings. The molecular formula is C6H8N2O3S. The van der Waals surface area contributed by atoms with E-state index in [1.807, 2.05) is 0 Å². The van der Waals surface area contributed by atoms with Gasteiger partial charge in [0.2, 0.25) is 10.0 Å². The smallest absolute Gasteiger partial charge is 0.239 e. The highest BCUT2D eigenvalue weighted by Crippen LogP contribution is 2.04. The monoisotopic (exact) mass is 188 g/mol. The summed E-state index contributed by atoms with van der Waals surface area (Å²) in [4.78, 5) is 3.60. The number of aliphatic hydroxyl groups is 1. The minimum atomic E-state index is -3.67. The van der Waals surface area contributed by atoms with Gasteiger partial charge in [-0.05, 0) is 12.1 Å². The summed E-state index contributed by atoms with van der Waals surface area (Å²) in [6.45, 7) is -0.217. The maximum atomic E-state index is 10.7. The lowest BCUT2D eigenvalue weighted by Crippen LogP contribution is -2.12. The number of aromatic nitrogens is 1. The van der Waals surface area contributed by atoms with Crippen LogP contribution in [0.2, 0.25) is 0 Å². The van der Waals surface area contributed by atoms with Gasteiger partial charge >= 0.3 is 0 Å². The Bertz CT molecular complexity index is 357. The molecule has 0 amide bonds. The van der Waals surface area contributed by atoms with Gasteiger partial charge < -0.3 is 5.11 Å². The van der Waals surface area contributed by atoms with Gasteiger partial charge in [-0.2, -0.15) is 0 Å². The summed E-state index contributed by atoms with van der Waals surface area (Å²) in [6, 6.07) is 2.70. The first kappa shape index (κ1) is 9.11. The fourth-order valence-electron chi connectivity index (χ4n) is 0.673. The van der Waals surface area contributed by atoms with Crippen LogP contribution in [0.15, 0.2) is 23.2 Å². The van der Waals surface area contributed by atoms with E-state index >= 15 is 0 Å². The maximum absolute atomic E-state index is 10.7. The van der Waals surface area contributed by atoms with Crippen molar-refractivity contribution in [2.75, 3.05) is 0 Å². The summed E-state index contributed by atoms with van der Waals surface area (Å²) in [7, 11) is -3.67. The molecule has 0 aromatic carbocycles. The predicted octanol–water partition coefficient (Wildman–Crippen LogP) is -0.779. The summed E-state index contributed by atoms with van der Waals surface area (Å²) in [5.41, 5.74) is 0.405. The molecule has 1 aromatic heterocycles. The van der Waals surface area contributed by atoms with Crippen molar-refractivity contribution >= 4 is 10.0 Å². The van der Waals surface area contributed by atoms with Gasteiger partial charge in [0.05, 0.1) is 12.3 Å². The van der Waals surface area contributed by atoms with E-state index in [-0.39, 0.29) is 11.5 Å². The first-order valence-electron chi connectivity index (χ1n) is 3.12. The Hall–Kier alpha value is -0.980. The number of hydrogen-bond donors (Lipinski definition) is 2. The van der Waals surface area contributed by atoms with E-state index in [9.17, 15) is 8.42 Å². The summed E-state index contributed by atoms with van der Waals surface area (Å²) in [6.07, 6.45) is 1.11. The molecule has 0 aliphatic rings. The summed E-state index contributed by atoms with van der Waals surface area (Å²) < 4.78 is 21.4. The van der Waals surface area contributed by atoms with Crippen molar-refractivity contribution in [3.8, 4) is 0 Å². The topological polar surface area (TPSA) is 93.3 Å². The van der Waals surface area contributed by atoms with Gasteiger partial charge in [-0.15, -0.1) is 0 Å². The van der Waals surface area contributed by atoms with E-state index in [2.05, 4.69) is 4.98 Å². The third-order valence-electron chi connectivity index (χ3n) is 1.29. The molecule has 0 saturated carbocycles. The van der Waals surface area contributed by atoms with Crippen molar-refractivity contribution in [3.05, 3.63) is 24.0 Å². The van der Waals surface area contributed by atoms with Gasteiger partial charge in [0, 0.05) is 6.20 Å². The molecule has 0 saturated heterocycles. The van der Waals surface area contributed by atoms with Crippen molar-refractivity contribution < 1.29 is 13.5 Å². The van der Waals surface area contributed by atoms with E-state index in [4.69, 9.17) is 10.2 Å². The standard InChI is InChI=1S/C6H8N2O3S/c7-12(10,11)6-2-1-5(4-9)8-3-6/h1-3,9H,4H2,(H2,7,10,11). The fourth-order valence-corrected chi connectivity index (χ4v) is 1.13. The van der Waals surface area contributed by atoms with Gasteiger partial charge in [-0.3, -0.25) is 4.98 Å². The van der Waals surface area contributed by atoms with Crippen LogP contribution in [0.1, 0.15) is 5.69 Å². The van der Waals surface area contributed by atoms with Crippen LogP contribution in [0.4, 0.5) is 0 Å². The number of rotatable bonds is 2. The number of primary sulfonamides is 1. The third-order valence-corrected chi connectivity index (χ3v) is 2.19. The molecule has 0 fully saturated rings. The van der Waals surface area contributed by atoms with Crippen LogP contribution in [0.3, 0.4) is 0 Å². The Morgan fingerprint density at radius 1 is 1.50 bits per heavy atom. The van der Waals surface area contributed by atoms with Crippen LogP contribution >= 0.6 is 0 Å². The van der Waals surface area contributed by atoms with Crippen molar-refractivity contribution in [1.29, 1.82) is 0 Å². The number of pyridine rings is 1. The molecule has 0 spiro atoms. The molecule has 0 bridgehead atoms. The van der Waals surface area contributed by atoms with E-state index in [1.54, 1.807) is 0 Å². The van der Waals surface area contributed by atoms with Crippen LogP contribution in [-0.4, -0.2) is 18.5 Å². The zero-order chi connectivity index (χ0) is 9.19. The number of nitrogens with two attached hydrogens (primary N) is 1. The molecule has 0 unspecified atom stereocenters. The van der Waals surface area contributed by atoms with Gasteiger partial charge in [0.15, 0.2) is 0 Å². The van der Waals surface area contributed by atoms with Gasteiger partial charge in [-0.1, -0.05) is 0 Å². The van der Waals surface area contributed by atoms with Crippen LogP contribution in [0.25, 0.3) is 0 Å². The second kappa shape index (κ2) is 3.18. The highest BCUT2D eigenvalue weighted by atomic mass is 32.2. The first-order chi connectivity index (χ1) is 5.54. The van der Waals surface area contributed by atoms with E-state index < -0.39 is 10.0 Å². The predicted molar refractivity (Wildman–Crippen MR) is 41.5 cm³/mol. The molecule has 6 heteroatoms. The van der Waals surface area contributed by atoms with Gasteiger partial charge in [0.1, 0.15) is 4.90 Å². The molecule has 5 nitrogen and oxygen atoms in total. The van der Waals surface area contributed by atoms with Crippen molar-refractivity contribution in [2.45, 2.75) is 11.5 Å². The molecule has 1 heterocycles. The largest absolute Gasteiger partial charge is 0.390 e. The average molecular weight is 188 g/mol. The van der Waals surface area contributed by atoms with Gasteiger partial charge in [-0.25, -0.2) is 13.6 Å². The van der Waals surface area contributed by atoms with Gasteiger partial charge in [0.25, 0.3) is 0 Å². The highest BCUT2D eigenvalue weighted by Gasteiger charge is 2.06. The zero-order valence-corrected chi connectivity index (χ0v) is 6.95. The molecule has 0 aliphatic heterocycles. The third kappa shape index (κ3) is 2.00. The second-order valence-corrected chi connectivity index (χ2v) is 3.75. The molecule has 1 rings (SSSR count). The lowest BCUT2D eigenvalue weighted by Gasteiger charge is -1.97. The summed E-state index contributed by atoms with van der Waals surface area (Å²) >= 11 is 0. The minimum absolute atomic E-state index is 0.0558. The first-order valence-corrected chi connectivity index (χ1v) is 4.67. The normalized spacial score (nSPS) is 11.5. The Balaban J connectivity index is 3.09. The molecule has 0 radical (unpaired) electrons. The number of sulfonamides is 1. The van der Waals surface area contributed by atoms with E-state index in [0.29, 0.717) is 5.69 Å². The quantitative estimate of drug-likeness (QED) is 0.636. The molecule has 0 atom stereocenters. The SMILES string of the molecule is NS(=O)(=O)c1ccc(CO)nc1. The minimum Gasteiger partial charge on any atom is -0.390 e. The van der Waals surface area contributed by atoms with Crippen LogP contribution < -0.4 is 5.14 Å². The molecule has 12 heavy (non-hydrogen) atoms. The Kier molecular flexibility index (Phi) is 2.41. The molecule has 0 aliphatic carbocycles. The van der Waals surface area contributed by atoms with Crippen molar-refractivity contribution in [2.24, 2.45) is 5.14 Å². The van der Waals surface area contributed by atoms with Crippen LogP contribution in [0, 0.1) is 0 Å². The molecule has 3 N–H and O–H groups in total. The average Bonchev–Trinajstić information content (AvgIpc) is 2.03. The summed E-state index contributed by atoms with van der Waals surface area (Å²) in [5.74, 6) is 0. The lowest BCUT2D eigenvalue weighted by atomic mass is 10.4.